The lowest BCUT2D eigenvalue weighted by Gasteiger charge is -2.28. The zero-order valence-electron chi connectivity index (χ0n) is 13.0. The summed E-state index contributed by atoms with van der Waals surface area (Å²) in [6, 6.07) is 12.5. The highest BCUT2D eigenvalue weighted by Gasteiger charge is 2.40. The third-order valence-corrected chi connectivity index (χ3v) is 4.26. The number of aromatic hydroxyl groups is 1. The van der Waals surface area contributed by atoms with E-state index in [1.165, 1.54) is 0 Å². The van der Waals surface area contributed by atoms with Crippen LogP contribution >= 0.6 is 0 Å². The summed E-state index contributed by atoms with van der Waals surface area (Å²) in [6.07, 6.45) is 3.34. The predicted molar refractivity (Wildman–Crippen MR) is 89.2 cm³/mol. The summed E-state index contributed by atoms with van der Waals surface area (Å²) in [6.45, 7) is 0. The average molecular weight is 331 g/mol. The SMILES string of the molecule is N#CC1C(=N)Oc2n[nH]c(-c3ccncc3)c2C1c1ccc(O)cc1. The van der Waals surface area contributed by atoms with E-state index in [0.717, 1.165) is 22.4 Å². The molecule has 3 heterocycles. The molecule has 2 atom stereocenters. The maximum absolute atomic E-state index is 9.61. The number of hydrogen-bond donors (Lipinski definition) is 3. The van der Waals surface area contributed by atoms with Gasteiger partial charge in [0.2, 0.25) is 11.8 Å². The second-order valence-electron chi connectivity index (χ2n) is 5.70. The van der Waals surface area contributed by atoms with E-state index in [1.54, 1.807) is 36.7 Å². The summed E-state index contributed by atoms with van der Waals surface area (Å²) in [5.41, 5.74) is 3.11. The van der Waals surface area contributed by atoms with E-state index in [2.05, 4.69) is 21.3 Å². The number of nitrogens with zero attached hydrogens (tertiary/aromatic N) is 3. The molecule has 0 fully saturated rings. The first-order valence-corrected chi connectivity index (χ1v) is 7.62. The fraction of sp³-hybridized carbons (Fsp3) is 0.111. The van der Waals surface area contributed by atoms with Crippen molar-refractivity contribution in [3.8, 4) is 29.0 Å². The maximum Gasteiger partial charge on any atom is 0.244 e. The largest absolute Gasteiger partial charge is 0.508 e. The summed E-state index contributed by atoms with van der Waals surface area (Å²) in [7, 11) is 0. The highest BCUT2D eigenvalue weighted by Crippen LogP contribution is 2.45. The molecule has 0 radical (unpaired) electrons. The molecule has 0 bridgehead atoms. The number of pyridine rings is 1. The van der Waals surface area contributed by atoms with Crippen LogP contribution in [0.5, 0.6) is 11.6 Å². The van der Waals surface area contributed by atoms with E-state index < -0.39 is 11.8 Å². The van der Waals surface area contributed by atoms with Gasteiger partial charge in [-0.15, -0.1) is 5.10 Å². The summed E-state index contributed by atoms with van der Waals surface area (Å²) in [4.78, 5) is 4.02. The molecule has 25 heavy (non-hydrogen) atoms. The number of phenolic OH excluding ortho intramolecular Hbond substituents is 1. The van der Waals surface area contributed by atoms with Crippen LogP contribution < -0.4 is 4.74 Å². The van der Waals surface area contributed by atoms with E-state index in [9.17, 15) is 10.4 Å². The molecule has 122 valence electrons. The molecule has 0 aliphatic carbocycles. The topological polar surface area (TPSA) is 119 Å². The molecule has 2 unspecified atom stereocenters. The van der Waals surface area contributed by atoms with Crippen molar-refractivity contribution in [2.45, 2.75) is 5.92 Å². The minimum atomic E-state index is -0.782. The Morgan fingerprint density at radius 2 is 1.88 bits per heavy atom. The number of phenols is 1. The van der Waals surface area contributed by atoms with Crippen molar-refractivity contribution in [2.75, 3.05) is 0 Å². The number of benzene rings is 1. The van der Waals surface area contributed by atoms with E-state index in [4.69, 9.17) is 10.1 Å². The third-order valence-electron chi connectivity index (χ3n) is 4.26. The van der Waals surface area contributed by atoms with Gasteiger partial charge < -0.3 is 9.84 Å². The van der Waals surface area contributed by atoms with Crippen LogP contribution in [0.2, 0.25) is 0 Å². The lowest BCUT2D eigenvalue weighted by atomic mass is 9.79. The number of aromatic amines is 1. The van der Waals surface area contributed by atoms with Gasteiger partial charge in [0.05, 0.1) is 17.3 Å². The highest BCUT2D eigenvalue weighted by molar-refractivity contribution is 5.86. The summed E-state index contributed by atoms with van der Waals surface area (Å²) < 4.78 is 5.47. The van der Waals surface area contributed by atoms with Crippen molar-refractivity contribution in [3.05, 3.63) is 59.9 Å². The van der Waals surface area contributed by atoms with Gasteiger partial charge in [-0.1, -0.05) is 12.1 Å². The highest BCUT2D eigenvalue weighted by atomic mass is 16.5. The van der Waals surface area contributed by atoms with Crippen LogP contribution in [0, 0.1) is 22.7 Å². The third kappa shape index (κ3) is 2.40. The zero-order chi connectivity index (χ0) is 17.4. The average Bonchev–Trinajstić information content (AvgIpc) is 3.05. The summed E-state index contributed by atoms with van der Waals surface area (Å²) in [5, 5.41) is 34.4. The van der Waals surface area contributed by atoms with Gasteiger partial charge in [0.15, 0.2) is 0 Å². The van der Waals surface area contributed by atoms with Crippen LogP contribution in [0.15, 0.2) is 48.8 Å². The van der Waals surface area contributed by atoms with Crippen molar-refractivity contribution >= 4 is 5.90 Å². The lowest BCUT2D eigenvalue weighted by molar-refractivity contribution is 0.436. The number of fused-ring (bicyclic) bond motifs is 1. The molecule has 1 aliphatic heterocycles. The first kappa shape index (κ1) is 14.9. The molecular weight excluding hydrogens is 318 g/mol. The van der Waals surface area contributed by atoms with Gasteiger partial charge in [0, 0.05) is 23.9 Å². The normalized spacial score (nSPS) is 18.9. The number of ether oxygens (including phenoxy) is 1. The Labute approximate surface area is 143 Å². The fourth-order valence-corrected chi connectivity index (χ4v) is 3.10. The van der Waals surface area contributed by atoms with Gasteiger partial charge in [0.25, 0.3) is 0 Å². The second kappa shape index (κ2) is 5.76. The molecule has 1 aromatic carbocycles. The van der Waals surface area contributed by atoms with Crippen LogP contribution in [-0.2, 0) is 0 Å². The molecule has 4 rings (SSSR count). The Morgan fingerprint density at radius 1 is 1.16 bits per heavy atom. The van der Waals surface area contributed by atoms with Gasteiger partial charge in [-0.2, -0.15) is 5.26 Å². The van der Waals surface area contributed by atoms with Crippen molar-refractivity contribution in [1.82, 2.24) is 15.2 Å². The van der Waals surface area contributed by atoms with Crippen LogP contribution in [0.25, 0.3) is 11.3 Å². The molecule has 0 saturated heterocycles. The molecule has 7 heteroatoms. The molecule has 1 aliphatic rings. The standard InChI is InChI=1S/C18H13N5O2/c19-9-13-14(10-1-3-12(24)4-2-10)15-16(11-5-7-21-8-6-11)22-23-18(15)25-17(13)20/h1-8,13-14,20,24H,(H,22,23). The number of nitriles is 1. The quantitative estimate of drug-likeness (QED) is 0.667. The Hall–Kier alpha value is -3.66. The Bertz CT molecular complexity index is 973. The maximum atomic E-state index is 9.61. The number of H-pyrrole nitrogens is 1. The summed E-state index contributed by atoms with van der Waals surface area (Å²) in [5.74, 6) is -0.914. The molecule has 2 aromatic heterocycles. The van der Waals surface area contributed by atoms with Gasteiger partial charge in [-0.25, -0.2) is 0 Å². The minimum Gasteiger partial charge on any atom is -0.508 e. The Morgan fingerprint density at radius 3 is 2.56 bits per heavy atom. The second-order valence-corrected chi connectivity index (χ2v) is 5.70. The van der Waals surface area contributed by atoms with Crippen molar-refractivity contribution in [3.63, 3.8) is 0 Å². The number of rotatable bonds is 2. The van der Waals surface area contributed by atoms with Crippen LogP contribution in [-0.4, -0.2) is 26.2 Å². The smallest absolute Gasteiger partial charge is 0.244 e. The first-order valence-electron chi connectivity index (χ1n) is 7.62. The zero-order valence-corrected chi connectivity index (χ0v) is 13.0. The van der Waals surface area contributed by atoms with Crippen molar-refractivity contribution < 1.29 is 9.84 Å². The Kier molecular flexibility index (Phi) is 3.43. The molecule has 3 aromatic rings. The minimum absolute atomic E-state index is 0.138. The monoisotopic (exact) mass is 331 g/mol. The van der Waals surface area contributed by atoms with Crippen LogP contribution in [0.4, 0.5) is 0 Å². The van der Waals surface area contributed by atoms with E-state index in [-0.39, 0.29) is 11.6 Å². The van der Waals surface area contributed by atoms with Crippen molar-refractivity contribution in [2.24, 2.45) is 5.92 Å². The molecule has 0 spiro atoms. The first-order chi connectivity index (χ1) is 12.2. The number of nitrogens with one attached hydrogen (secondary N) is 2. The van der Waals surface area contributed by atoms with Crippen LogP contribution in [0.1, 0.15) is 17.0 Å². The fourth-order valence-electron chi connectivity index (χ4n) is 3.10. The van der Waals surface area contributed by atoms with E-state index in [0.29, 0.717) is 5.88 Å². The van der Waals surface area contributed by atoms with Gasteiger partial charge >= 0.3 is 0 Å². The molecule has 3 N–H and O–H groups in total. The lowest BCUT2D eigenvalue weighted by Crippen LogP contribution is -2.30. The van der Waals surface area contributed by atoms with Crippen LogP contribution in [0.3, 0.4) is 0 Å². The predicted octanol–water partition coefficient (Wildman–Crippen LogP) is 2.82. The number of aromatic nitrogens is 3. The molecule has 0 amide bonds. The summed E-state index contributed by atoms with van der Waals surface area (Å²) >= 11 is 0. The van der Waals surface area contributed by atoms with E-state index >= 15 is 0 Å². The van der Waals surface area contributed by atoms with Gasteiger partial charge in [0.1, 0.15) is 11.7 Å². The molecule has 7 nitrogen and oxygen atoms in total. The van der Waals surface area contributed by atoms with Gasteiger partial charge in [-0.05, 0) is 29.8 Å². The number of hydrogen-bond acceptors (Lipinski definition) is 6. The molecular formula is C18H13N5O2. The van der Waals surface area contributed by atoms with Crippen molar-refractivity contribution in [1.29, 1.82) is 10.7 Å². The Balaban J connectivity index is 1.94. The molecule has 0 saturated carbocycles. The van der Waals surface area contributed by atoms with Gasteiger partial charge in [-0.3, -0.25) is 15.5 Å². The van der Waals surface area contributed by atoms with E-state index in [1.807, 2.05) is 12.1 Å².